The summed E-state index contributed by atoms with van der Waals surface area (Å²) in [6.45, 7) is -0.0683. The molecule has 0 fully saturated rings. The Balaban J connectivity index is 1.86. The van der Waals surface area contributed by atoms with Gasteiger partial charge in [-0.1, -0.05) is 30.3 Å². The molecular formula is C18H22N2O5. The number of carbonyl (C=O) groups is 1. The minimum Gasteiger partial charge on any atom is -0.496 e. The van der Waals surface area contributed by atoms with Gasteiger partial charge in [-0.05, 0) is 23.8 Å². The number of aliphatic hydroxyl groups is 2. The van der Waals surface area contributed by atoms with E-state index in [0.717, 1.165) is 5.56 Å². The molecule has 134 valence electrons. The third kappa shape index (κ3) is 5.37. The Morgan fingerprint density at radius 3 is 2.60 bits per heavy atom. The maximum absolute atomic E-state index is 11.7. The quantitative estimate of drug-likeness (QED) is 0.566. The predicted octanol–water partition coefficient (Wildman–Crippen LogP) is 1.60. The SMILES string of the molecule is COc1ccc(N)cc1C(O)C(O)CNC(=O)OCc1ccccc1. The van der Waals surface area contributed by atoms with E-state index in [1.165, 1.54) is 13.2 Å². The zero-order chi connectivity index (χ0) is 18.2. The van der Waals surface area contributed by atoms with Crippen LogP contribution in [0.25, 0.3) is 0 Å². The van der Waals surface area contributed by atoms with E-state index in [0.29, 0.717) is 17.0 Å². The lowest BCUT2D eigenvalue weighted by atomic mass is 10.0. The van der Waals surface area contributed by atoms with Crippen LogP contribution in [0.5, 0.6) is 5.75 Å². The van der Waals surface area contributed by atoms with Gasteiger partial charge in [-0.25, -0.2) is 4.79 Å². The fourth-order valence-electron chi connectivity index (χ4n) is 2.26. The fraction of sp³-hybridized carbons (Fsp3) is 0.278. The first kappa shape index (κ1) is 18.6. The van der Waals surface area contributed by atoms with E-state index in [-0.39, 0.29) is 13.2 Å². The van der Waals surface area contributed by atoms with Crippen molar-refractivity contribution in [2.45, 2.75) is 18.8 Å². The van der Waals surface area contributed by atoms with Gasteiger partial charge in [0.15, 0.2) is 0 Å². The number of methoxy groups -OCH3 is 1. The minimum absolute atomic E-state index is 0.119. The number of hydrogen-bond acceptors (Lipinski definition) is 6. The second kappa shape index (κ2) is 8.91. The molecule has 2 aromatic carbocycles. The first-order valence-corrected chi connectivity index (χ1v) is 7.75. The number of ether oxygens (including phenoxy) is 2. The highest BCUT2D eigenvalue weighted by molar-refractivity contribution is 5.67. The summed E-state index contributed by atoms with van der Waals surface area (Å²) in [5, 5.41) is 22.8. The van der Waals surface area contributed by atoms with Crippen molar-refractivity contribution in [2.24, 2.45) is 0 Å². The summed E-state index contributed by atoms with van der Waals surface area (Å²) in [6, 6.07) is 14.0. The van der Waals surface area contributed by atoms with Crippen LogP contribution in [0.15, 0.2) is 48.5 Å². The van der Waals surface area contributed by atoms with Gasteiger partial charge >= 0.3 is 6.09 Å². The van der Waals surface area contributed by atoms with Crippen molar-refractivity contribution in [1.82, 2.24) is 5.32 Å². The first-order valence-electron chi connectivity index (χ1n) is 7.75. The number of alkyl carbamates (subject to hydrolysis) is 1. The van der Waals surface area contributed by atoms with Crippen LogP contribution in [0.4, 0.5) is 10.5 Å². The smallest absolute Gasteiger partial charge is 0.407 e. The Morgan fingerprint density at radius 1 is 1.20 bits per heavy atom. The summed E-state index contributed by atoms with van der Waals surface area (Å²) >= 11 is 0. The highest BCUT2D eigenvalue weighted by Gasteiger charge is 2.23. The molecule has 7 heteroatoms. The second-order valence-corrected chi connectivity index (χ2v) is 5.46. The lowest BCUT2D eigenvalue weighted by molar-refractivity contribution is 0.0171. The number of rotatable bonds is 7. The van der Waals surface area contributed by atoms with E-state index in [1.807, 2.05) is 30.3 Å². The molecule has 0 spiro atoms. The van der Waals surface area contributed by atoms with Crippen molar-refractivity contribution in [3.8, 4) is 5.75 Å². The third-order valence-corrected chi connectivity index (χ3v) is 3.61. The second-order valence-electron chi connectivity index (χ2n) is 5.46. The summed E-state index contributed by atoms with van der Waals surface area (Å²) in [5.41, 5.74) is 7.32. The van der Waals surface area contributed by atoms with Crippen LogP contribution in [0, 0.1) is 0 Å². The molecule has 0 aliphatic carbocycles. The maximum atomic E-state index is 11.7. The van der Waals surface area contributed by atoms with Crippen LogP contribution in [0.2, 0.25) is 0 Å². The molecule has 0 aliphatic rings. The number of hydrogen-bond donors (Lipinski definition) is 4. The number of anilines is 1. The highest BCUT2D eigenvalue weighted by atomic mass is 16.5. The van der Waals surface area contributed by atoms with Gasteiger partial charge in [-0.2, -0.15) is 0 Å². The standard InChI is InChI=1S/C18H22N2O5/c1-24-16-8-7-13(19)9-14(16)17(22)15(21)10-20-18(23)25-11-12-5-3-2-4-6-12/h2-9,15,17,21-22H,10-11,19H2,1H3,(H,20,23). The van der Waals surface area contributed by atoms with E-state index in [1.54, 1.807) is 12.1 Å². The Labute approximate surface area is 146 Å². The number of nitrogens with two attached hydrogens (primary N) is 1. The molecule has 0 saturated heterocycles. The highest BCUT2D eigenvalue weighted by Crippen LogP contribution is 2.29. The molecular weight excluding hydrogens is 324 g/mol. The molecule has 0 saturated carbocycles. The number of carbonyl (C=O) groups excluding carboxylic acids is 1. The van der Waals surface area contributed by atoms with E-state index in [9.17, 15) is 15.0 Å². The summed E-state index contributed by atoms with van der Waals surface area (Å²) in [5.74, 6) is 0.396. The number of nitrogens with one attached hydrogen (secondary N) is 1. The molecule has 0 heterocycles. The maximum Gasteiger partial charge on any atom is 0.407 e. The van der Waals surface area contributed by atoms with Gasteiger partial charge in [-0.15, -0.1) is 0 Å². The van der Waals surface area contributed by atoms with Crippen molar-refractivity contribution in [2.75, 3.05) is 19.4 Å². The molecule has 25 heavy (non-hydrogen) atoms. The molecule has 2 unspecified atom stereocenters. The van der Waals surface area contributed by atoms with Crippen LogP contribution >= 0.6 is 0 Å². The van der Waals surface area contributed by atoms with Crippen LogP contribution in [0.1, 0.15) is 17.2 Å². The predicted molar refractivity (Wildman–Crippen MR) is 93.0 cm³/mol. The topological polar surface area (TPSA) is 114 Å². The van der Waals surface area contributed by atoms with Crippen LogP contribution in [-0.2, 0) is 11.3 Å². The van der Waals surface area contributed by atoms with Gasteiger partial charge in [0.1, 0.15) is 24.6 Å². The van der Waals surface area contributed by atoms with Crippen molar-refractivity contribution in [1.29, 1.82) is 0 Å². The molecule has 2 atom stereocenters. The minimum atomic E-state index is -1.27. The van der Waals surface area contributed by atoms with Crippen molar-refractivity contribution in [3.05, 3.63) is 59.7 Å². The Kier molecular flexibility index (Phi) is 6.62. The van der Waals surface area contributed by atoms with Crippen LogP contribution in [0.3, 0.4) is 0 Å². The lowest BCUT2D eigenvalue weighted by Gasteiger charge is -2.21. The lowest BCUT2D eigenvalue weighted by Crippen LogP contribution is -2.35. The Morgan fingerprint density at radius 2 is 1.92 bits per heavy atom. The van der Waals surface area contributed by atoms with Crippen LogP contribution in [-0.4, -0.2) is 36.1 Å². The number of benzene rings is 2. The normalized spacial score (nSPS) is 12.9. The van der Waals surface area contributed by atoms with E-state index in [2.05, 4.69) is 5.32 Å². The molecule has 0 aromatic heterocycles. The van der Waals surface area contributed by atoms with Crippen LogP contribution < -0.4 is 15.8 Å². The van der Waals surface area contributed by atoms with Crippen molar-refractivity contribution in [3.63, 3.8) is 0 Å². The van der Waals surface area contributed by atoms with E-state index >= 15 is 0 Å². The first-order chi connectivity index (χ1) is 12.0. The van der Waals surface area contributed by atoms with Gasteiger partial charge < -0.3 is 30.7 Å². The van der Waals surface area contributed by atoms with Gasteiger partial charge in [0.2, 0.25) is 0 Å². The summed E-state index contributed by atoms with van der Waals surface area (Å²) < 4.78 is 10.2. The summed E-state index contributed by atoms with van der Waals surface area (Å²) in [7, 11) is 1.45. The summed E-state index contributed by atoms with van der Waals surface area (Å²) in [6.07, 6.45) is -3.21. The molecule has 2 rings (SSSR count). The van der Waals surface area contributed by atoms with E-state index in [4.69, 9.17) is 15.2 Å². The zero-order valence-corrected chi connectivity index (χ0v) is 13.9. The monoisotopic (exact) mass is 346 g/mol. The number of amides is 1. The van der Waals surface area contributed by atoms with E-state index < -0.39 is 18.3 Å². The van der Waals surface area contributed by atoms with Crippen molar-refractivity contribution >= 4 is 11.8 Å². The summed E-state index contributed by atoms with van der Waals surface area (Å²) in [4.78, 5) is 11.7. The average Bonchev–Trinajstić information content (AvgIpc) is 2.64. The zero-order valence-electron chi connectivity index (χ0n) is 13.9. The molecule has 0 aliphatic heterocycles. The Bertz CT molecular complexity index is 693. The average molecular weight is 346 g/mol. The third-order valence-electron chi connectivity index (χ3n) is 3.61. The fourth-order valence-corrected chi connectivity index (χ4v) is 2.26. The van der Waals surface area contributed by atoms with Gasteiger partial charge in [0.05, 0.1) is 7.11 Å². The van der Waals surface area contributed by atoms with Crippen molar-refractivity contribution < 1.29 is 24.5 Å². The Hall–Kier alpha value is -2.77. The number of aliphatic hydroxyl groups excluding tert-OH is 2. The molecule has 0 radical (unpaired) electrons. The molecule has 1 amide bonds. The molecule has 0 bridgehead atoms. The van der Waals surface area contributed by atoms with Gasteiger partial charge in [0, 0.05) is 17.8 Å². The molecule has 7 nitrogen and oxygen atoms in total. The molecule has 2 aromatic rings. The largest absolute Gasteiger partial charge is 0.496 e. The molecule has 5 N–H and O–H groups in total. The van der Waals surface area contributed by atoms with Gasteiger partial charge in [0.25, 0.3) is 0 Å². The number of nitrogen functional groups attached to an aromatic ring is 1. The van der Waals surface area contributed by atoms with Gasteiger partial charge in [-0.3, -0.25) is 0 Å².